The zero-order valence-electron chi connectivity index (χ0n) is 10.9. The Hall–Kier alpha value is -0.650. The van der Waals surface area contributed by atoms with Crippen molar-refractivity contribution in [3.8, 4) is 0 Å². The Bertz CT molecular complexity index is 323. The molecule has 0 aromatic heterocycles. The number of nitrogens with zero attached hydrogens (tertiary/aromatic N) is 2. The van der Waals surface area contributed by atoms with E-state index in [1.807, 2.05) is 4.90 Å². The maximum Gasteiger partial charge on any atom is 0.239 e. The van der Waals surface area contributed by atoms with Gasteiger partial charge in [-0.05, 0) is 32.2 Å². The molecule has 0 bridgehead atoms. The van der Waals surface area contributed by atoms with Gasteiger partial charge >= 0.3 is 0 Å². The van der Waals surface area contributed by atoms with Crippen molar-refractivity contribution < 1.29 is 9.53 Å². The third-order valence-corrected chi connectivity index (χ3v) is 4.46. The van der Waals surface area contributed by atoms with E-state index in [9.17, 15) is 4.79 Å². The molecule has 102 valence electrons. The summed E-state index contributed by atoms with van der Waals surface area (Å²) in [7, 11) is 0. The van der Waals surface area contributed by atoms with Crippen LogP contribution in [0.4, 0.5) is 0 Å². The third kappa shape index (κ3) is 2.39. The smallest absolute Gasteiger partial charge is 0.239 e. The second-order valence-electron chi connectivity index (χ2n) is 5.78. The molecule has 18 heavy (non-hydrogen) atoms. The zero-order chi connectivity index (χ0) is 12.5. The Balaban J connectivity index is 1.54. The number of hydrogen-bond donors (Lipinski definition) is 1. The van der Waals surface area contributed by atoms with Crippen LogP contribution < -0.4 is 5.73 Å². The van der Waals surface area contributed by atoms with Gasteiger partial charge < -0.3 is 15.4 Å². The number of rotatable bonds is 2. The molecule has 5 nitrogen and oxygen atoms in total. The predicted octanol–water partition coefficient (Wildman–Crippen LogP) is -0.201. The Morgan fingerprint density at radius 3 is 3.00 bits per heavy atom. The van der Waals surface area contributed by atoms with Gasteiger partial charge in [0, 0.05) is 25.7 Å². The molecule has 1 amide bonds. The lowest BCUT2D eigenvalue weighted by Gasteiger charge is -2.39. The number of ether oxygens (including phenoxy) is 1. The minimum Gasteiger partial charge on any atom is -0.373 e. The van der Waals surface area contributed by atoms with E-state index in [-0.39, 0.29) is 18.1 Å². The molecule has 3 saturated heterocycles. The molecule has 3 unspecified atom stereocenters. The second kappa shape index (κ2) is 5.15. The van der Waals surface area contributed by atoms with E-state index in [0.29, 0.717) is 6.04 Å². The number of piperidine rings is 1. The van der Waals surface area contributed by atoms with Crippen molar-refractivity contribution in [1.82, 2.24) is 9.80 Å². The molecule has 3 heterocycles. The molecule has 0 aliphatic carbocycles. The molecule has 3 rings (SSSR count). The molecule has 3 aliphatic rings. The summed E-state index contributed by atoms with van der Waals surface area (Å²) in [6.07, 6.45) is 4.57. The van der Waals surface area contributed by atoms with Crippen molar-refractivity contribution in [2.24, 2.45) is 5.73 Å². The summed E-state index contributed by atoms with van der Waals surface area (Å²) in [4.78, 5) is 16.4. The van der Waals surface area contributed by atoms with Gasteiger partial charge in [0.05, 0.1) is 18.8 Å². The lowest BCUT2D eigenvalue weighted by molar-refractivity contribution is -0.139. The number of morpholine rings is 1. The minimum atomic E-state index is -0.290. The zero-order valence-corrected chi connectivity index (χ0v) is 10.9. The summed E-state index contributed by atoms with van der Waals surface area (Å²) in [5, 5.41) is 0. The van der Waals surface area contributed by atoms with Crippen LogP contribution in [0.15, 0.2) is 0 Å². The predicted molar refractivity (Wildman–Crippen MR) is 68.1 cm³/mol. The van der Waals surface area contributed by atoms with E-state index in [4.69, 9.17) is 10.5 Å². The summed E-state index contributed by atoms with van der Waals surface area (Å²) in [6.45, 7) is 4.56. The van der Waals surface area contributed by atoms with Crippen molar-refractivity contribution >= 4 is 5.91 Å². The molecule has 3 fully saturated rings. The van der Waals surface area contributed by atoms with Crippen LogP contribution in [0.25, 0.3) is 0 Å². The van der Waals surface area contributed by atoms with E-state index >= 15 is 0 Å². The van der Waals surface area contributed by atoms with Gasteiger partial charge in [0.15, 0.2) is 0 Å². The Morgan fingerprint density at radius 2 is 2.11 bits per heavy atom. The van der Waals surface area contributed by atoms with Gasteiger partial charge in [-0.3, -0.25) is 9.69 Å². The van der Waals surface area contributed by atoms with Crippen LogP contribution in [0.1, 0.15) is 25.7 Å². The highest BCUT2D eigenvalue weighted by atomic mass is 16.5. The first kappa shape index (κ1) is 12.4. The summed E-state index contributed by atoms with van der Waals surface area (Å²) in [6, 6.07) is 0.336. The molecule has 0 saturated carbocycles. The number of carbonyl (C=O) groups is 1. The number of fused-ring (bicyclic) bond motifs is 1. The normalized spacial score (nSPS) is 37.9. The SMILES string of the molecule is NC1CCCN(CC2CN3CCCC3CO2)C1=O. The molecule has 2 N–H and O–H groups in total. The van der Waals surface area contributed by atoms with Crippen molar-refractivity contribution in [2.75, 3.05) is 32.8 Å². The van der Waals surface area contributed by atoms with Crippen molar-refractivity contribution in [2.45, 2.75) is 43.9 Å². The molecule has 5 heteroatoms. The fourth-order valence-electron chi connectivity index (χ4n) is 3.39. The van der Waals surface area contributed by atoms with E-state index in [0.717, 1.165) is 39.1 Å². The van der Waals surface area contributed by atoms with E-state index in [1.54, 1.807) is 0 Å². The van der Waals surface area contributed by atoms with Crippen LogP contribution in [-0.4, -0.2) is 66.7 Å². The highest BCUT2D eigenvalue weighted by Gasteiger charge is 2.34. The molecule has 0 aromatic carbocycles. The quantitative estimate of drug-likeness (QED) is 0.740. The van der Waals surface area contributed by atoms with Crippen LogP contribution in [0.2, 0.25) is 0 Å². The van der Waals surface area contributed by atoms with E-state index in [2.05, 4.69) is 4.90 Å². The first-order valence-electron chi connectivity index (χ1n) is 7.14. The largest absolute Gasteiger partial charge is 0.373 e. The standard InChI is InChI=1S/C13H23N3O2/c14-12-4-2-6-16(13(12)17)8-11-7-15-5-1-3-10(15)9-18-11/h10-12H,1-9,14H2. The second-order valence-corrected chi connectivity index (χ2v) is 5.78. The third-order valence-electron chi connectivity index (χ3n) is 4.46. The van der Waals surface area contributed by atoms with E-state index in [1.165, 1.54) is 19.4 Å². The van der Waals surface area contributed by atoms with Gasteiger partial charge in [-0.25, -0.2) is 0 Å². The maximum atomic E-state index is 12.0. The van der Waals surface area contributed by atoms with Gasteiger partial charge in [-0.15, -0.1) is 0 Å². The average molecular weight is 253 g/mol. The summed E-state index contributed by atoms with van der Waals surface area (Å²) in [5.74, 6) is 0.105. The molecule has 3 atom stereocenters. The van der Waals surface area contributed by atoms with Crippen LogP contribution in [0.3, 0.4) is 0 Å². The molecule has 3 aliphatic heterocycles. The highest BCUT2D eigenvalue weighted by Crippen LogP contribution is 2.23. The summed E-state index contributed by atoms with van der Waals surface area (Å²) >= 11 is 0. The first-order chi connectivity index (χ1) is 8.74. The Labute approximate surface area is 108 Å². The summed E-state index contributed by atoms with van der Waals surface area (Å²) < 4.78 is 5.90. The van der Waals surface area contributed by atoms with Crippen LogP contribution in [-0.2, 0) is 9.53 Å². The molecular formula is C13H23N3O2. The lowest BCUT2D eigenvalue weighted by Crippen LogP contribution is -2.55. The monoisotopic (exact) mass is 253 g/mol. The number of amides is 1. The minimum absolute atomic E-state index is 0.105. The van der Waals surface area contributed by atoms with Gasteiger partial charge in [-0.1, -0.05) is 0 Å². The molecule has 0 aromatic rings. The fraction of sp³-hybridized carbons (Fsp3) is 0.923. The van der Waals surface area contributed by atoms with Crippen molar-refractivity contribution in [3.63, 3.8) is 0 Å². The first-order valence-corrected chi connectivity index (χ1v) is 7.14. The van der Waals surface area contributed by atoms with Crippen LogP contribution in [0, 0.1) is 0 Å². The fourth-order valence-corrected chi connectivity index (χ4v) is 3.39. The molecular weight excluding hydrogens is 230 g/mol. The average Bonchev–Trinajstić information content (AvgIpc) is 2.82. The molecule has 0 spiro atoms. The van der Waals surface area contributed by atoms with Gasteiger partial charge in [0.2, 0.25) is 5.91 Å². The van der Waals surface area contributed by atoms with Gasteiger partial charge in [0.25, 0.3) is 0 Å². The van der Waals surface area contributed by atoms with Gasteiger partial charge in [-0.2, -0.15) is 0 Å². The highest BCUT2D eigenvalue weighted by molar-refractivity contribution is 5.82. The molecule has 0 radical (unpaired) electrons. The number of hydrogen-bond acceptors (Lipinski definition) is 4. The Morgan fingerprint density at radius 1 is 1.28 bits per heavy atom. The van der Waals surface area contributed by atoms with E-state index < -0.39 is 0 Å². The van der Waals surface area contributed by atoms with Crippen molar-refractivity contribution in [1.29, 1.82) is 0 Å². The summed E-state index contributed by atoms with van der Waals surface area (Å²) in [5.41, 5.74) is 5.82. The van der Waals surface area contributed by atoms with Crippen LogP contribution >= 0.6 is 0 Å². The lowest BCUT2D eigenvalue weighted by atomic mass is 10.0. The van der Waals surface area contributed by atoms with Crippen molar-refractivity contribution in [3.05, 3.63) is 0 Å². The maximum absolute atomic E-state index is 12.0. The Kier molecular flexibility index (Phi) is 3.54. The van der Waals surface area contributed by atoms with Crippen LogP contribution in [0.5, 0.6) is 0 Å². The number of nitrogens with two attached hydrogens (primary N) is 1. The van der Waals surface area contributed by atoms with Gasteiger partial charge in [0.1, 0.15) is 0 Å². The topological polar surface area (TPSA) is 58.8 Å². The number of likely N-dealkylation sites (tertiary alicyclic amines) is 1. The number of carbonyl (C=O) groups excluding carboxylic acids is 1.